The molecule has 10 heteroatoms. The number of halogens is 1. The fraction of sp³-hybridized carbons (Fsp3) is 0.111. The van der Waals surface area contributed by atoms with Gasteiger partial charge in [0.2, 0.25) is 5.91 Å². The number of anilines is 2. The van der Waals surface area contributed by atoms with E-state index in [0.29, 0.717) is 27.7 Å². The first-order valence-corrected chi connectivity index (χ1v) is 11.8. The number of rotatable bonds is 6. The Morgan fingerprint density at radius 1 is 0.973 bits per heavy atom. The van der Waals surface area contributed by atoms with Crippen LogP contribution in [0.1, 0.15) is 31.8 Å². The van der Waals surface area contributed by atoms with Gasteiger partial charge in [-0.15, -0.1) is 0 Å². The van der Waals surface area contributed by atoms with Gasteiger partial charge in [0.05, 0.1) is 17.4 Å². The molecule has 0 fully saturated rings. The monoisotopic (exact) mass is 512 g/mol. The molecule has 0 bridgehead atoms. The molecule has 1 unspecified atom stereocenters. The van der Waals surface area contributed by atoms with Crippen molar-refractivity contribution in [1.29, 1.82) is 0 Å². The number of amides is 3. The third kappa shape index (κ3) is 5.46. The molecule has 5 rings (SSSR count). The molecular formula is C27H21ClN6O3. The van der Waals surface area contributed by atoms with E-state index >= 15 is 0 Å². The summed E-state index contributed by atoms with van der Waals surface area (Å²) in [5.41, 5.74) is 2.72. The van der Waals surface area contributed by atoms with Crippen molar-refractivity contribution in [3.63, 3.8) is 0 Å². The zero-order valence-corrected chi connectivity index (χ0v) is 20.2. The Hall–Kier alpha value is -4.63. The smallest absolute Gasteiger partial charge is 0.256 e. The Kier molecular flexibility index (Phi) is 6.87. The van der Waals surface area contributed by atoms with E-state index in [0.717, 1.165) is 11.1 Å². The van der Waals surface area contributed by atoms with Crippen LogP contribution >= 0.6 is 11.6 Å². The predicted molar refractivity (Wildman–Crippen MR) is 138 cm³/mol. The first-order chi connectivity index (χ1) is 18.0. The average molecular weight is 513 g/mol. The number of hydrogen-bond acceptors (Lipinski definition) is 6. The zero-order chi connectivity index (χ0) is 25.8. The predicted octanol–water partition coefficient (Wildman–Crippen LogP) is 3.98. The quantitative estimate of drug-likeness (QED) is 0.403. The second kappa shape index (κ2) is 10.5. The van der Waals surface area contributed by atoms with E-state index in [1.54, 1.807) is 60.9 Å². The lowest BCUT2D eigenvalue weighted by Gasteiger charge is -2.29. The third-order valence-electron chi connectivity index (χ3n) is 5.94. The molecule has 3 amide bonds. The highest BCUT2D eigenvalue weighted by Crippen LogP contribution is 2.29. The van der Waals surface area contributed by atoms with Gasteiger partial charge in [-0.1, -0.05) is 29.8 Å². The summed E-state index contributed by atoms with van der Waals surface area (Å²) in [4.78, 5) is 53.2. The first-order valence-electron chi connectivity index (χ1n) is 11.4. The molecule has 1 aliphatic heterocycles. The average Bonchev–Trinajstić information content (AvgIpc) is 3.00. The Morgan fingerprint density at radius 2 is 1.78 bits per heavy atom. The molecule has 0 aliphatic carbocycles. The molecule has 0 saturated carbocycles. The van der Waals surface area contributed by atoms with E-state index in [9.17, 15) is 14.4 Å². The molecule has 0 spiro atoms. The zero-order valence-electron chi connectivity index (χ0n) is 19.5. The second-order valence-corrected chi connectivity index (χ2v) is 8.87. The number of carbonyl (C=O) groups is 3. The summed E-state index contributed by atoms with van der Waals surface area (Å²) >= 11 is 6.12. The Morgan fingerprint density at radius 3 is 2.51 bits per heavy atom. The van der Waals surface area contributed by atoms with Crippen molar-refractivity contribution in [1.82, 2.24) is 19.9 Å². The number of nitrogens with zero attached hydrogens (tertiary/aromatic N) is 4. The minimum atomic E-state index is -0.789. The van der Waals surface area contributed by atoms with Crippen molar-refractivity contribution in [3.8, 4) is 0 Å². The number of fused-ring (bicyclic) bond motifs is 1. The fourth-order valence-corrected chi connectivity index (χ4v) is 4.27. The van der Waals surface area contributed by atoms with Crippen LogP contribution in [0.15, 0.2) is 85.6 Å². The molecule has 0 radical (unpaired) electrons. The van der Waals surface area contributed by atoms with Gasteiger partial charge < -0.3 is 15.5 Å². The van der Waals surface area contributed by atoms with Crippen LogP contribution in [0.3, 0.4) is 0 Å². The van der Waals surface area contributed by atoms with Crippen molar-refractivity contribution < 1.29 is 14.4 Å². The third-order valence-corrected chi connectivity index (χ3v) is 6.17. The topological polar surface area (TPSA) is 117 Å². The standard InChI is InChI=1S/C27H21ClN6O3/c28-20-7-8-21-22(13-20)32-26(36)23(12-18-2-1-9-29-14-18)34(27(21)37)16-17-3-5-19(6-4-17)25(35)33-24-15-30-10-11-31-24/h1-11,13-15,23H,12,16H2,(H,32,36)(H,31,33,35). The summed E-state index contributed by atoms with van der Waals surface area (Å²) in [6.45, 7) is 0.158. The molecule has 2 N–H and O–H groups in total. The summed E-state index contributed by atoms with van der Waals surface area (Å²) in [5.74, 6) is -0.617. The first kappa shape index (κ1) is 24.1. The van der Waals surface area contributed by atoms with Crippen molar-refractivity contribution >= 4 is 40.8 Å². The van der Waals surface area contributed by atoms with E-state index in [1.807, 2.05) is 6.07 Å². The van der Waals surface area contributed by atoms with Gasteiger partial charge in [-0.2, -0.15) is 0 Å². The Balaban J connectivity index is 1.42. The van der Waals surface area contributed by atoms with Gasteiger partial charge in [-0.05, 0) is 47.5 Å². The molecule has 4 aromatic rings. The minimum absolute atomic E-state index is 0.158. The lowest BCUT2D eigenvalue weighted by Crippen LogP contribution is -2.46. The fourth-order valence-electron chi connectivity index (χ4n) is 4.10. The highest BCUT2D eigenvalue weighted by atomic mass is 35.5. The van der Waals surface area contributed by atoms with Crippen molar-refractivity contribution in [3.05, 3.63) is 113 Å². The summed E-state index contributed by atoms with van der Waals surface area (Å²) < 4.78 is 0. The van der Waals surface area contributed by atoms with E-state index in [4.69, 9.17) is 11.6 Å². The van der Waals surface area contributed by atoms with E-state index in [2.05, 4.69) is 25.6 Å². The lowest BCUT2D eigenvalue weighted by molar-refractivity contribution is -0.120. The van der Waals surface area contributed by atoms with E-state index < -0.39 is 6.04 Å². The van der Waals surface area contributed by atoms with Gasteiger partial charge in [-0.25, -0.2) is 4.98 Å². The van der Waals surface area contributed by atoms with Gasteiger partial charge >= 0.3 is 0 Å². The highest BCUT2D eigenvalue weighted by Gasteiger charge is 2.35. The molecule has 37 heavy (non-hydrogen) atoms. The summed E-state index contributed by atoms with van der Waals surface area (Å²) in [5, 5.41) is 5.96. The SMILES string of the molecule is O=C(Nc1cnccn1)c1ccc(CN2C(=O)c3ccc(Cl)cc3NC(=O)C2Cc2cccnc2)cc1. The Bertz CT molecular complexity index is 1450. The minimum Gasteiger partial charge on any atom is -0.323 e. The van der Waals surface area contributed by atoms with Crippen LogP contribution in [0.2, 0.25) is 5.02 Å². The van der Waals surface area contributed by atoms with Crippen LogP contribution in [-0.4, -0.2) is 43.6 Å². The number of pyridine rings is 1. The number of carbonyl (C=O) groups excluding carboxylic acids is 3. The number of nitrogens with one attached hydrogen (secondary N) is 2. The maximum atomic E-state index is 13.7. The van der Waals surface area contributed by atoms with Crippen LogP contribution in [0.4, 0.5) is 11.5 Å². The van der Waals surface area contributed by atoms with Crippen molar-refractivity contribution in [2.24, 2.45) is 0 Å². The molecule has 184 valence electrons. The lowest BCUT2D eigenvalue weighted by atomic mass is 10.0. The molecule has 1 atom stereocenters. The van der Waals surface area contributed by atoms with Gasteiger partial charge in [0.25, 0.3) is 11.8 Å². The van der Waals surface area contributed by atoms with Crippen LogP contribution in [0.5, 0.6) is 0 Å². The largest absolute Gasteiger partial charge is 0.323 e. The van der Waals surface area contributed by atoms with Crippen LogP contribution in [-0.2, 0) is 17.8 Å². The van der Waals surface area contributed by atoms with Gasteiger partial charge in [0.1, 0.15) is 6.04 Å². The molecule has 1 aliphatic rings. The number of benzene rings is 2. The molecule has 9 nitrogen and oxygen atoms in total. The molecule has 3 heterocycles. The van der Waals surface area contributed by atoms with Crippen molar-refractivity contribution in [2.45, 2.75) is 19.0 Å². The molecule has 0 saturated heterocycles. The summed E-state index contributed by atoms with van der Waals surface area (Å²) in [7, 11) is 0. The van der Waals surface area contributed by atoms with Gasteiger partial charge in [-0.3, -0.25) is 24.4 Å². The van der Waals surface area contributed by atoms with Crippen molar-refractivity contribution in [2.75, 3.05) is 10.6 Å². The van der Waals surface area contributed by atoms with Gasteiger partial charge in [0, 0.05) is 48.3 Å². The number of aromatic nitrogens is 3. The number of hydrogen-bond donors (Lipinski definition) is 2. The van der Waals surface area contributed by atoms with Crippen LogP contribution < -0.4 is 10.6 Å². The van der Waals surface area contributed by atoms with Crippen LogP contribution in [0, 0.1) is 0 Å². The normalized spacial score (nSPS) is 14.9. The Labute approximate surface area is 217 Å². The molecule has 2 aromatic carbocycles. The molecular weight excluding hydrogens is 492 g/mol. The van der Waals surface area contributed by atoms with E-state index in [1.165, 1.54) is 23.5 Å². The summed E-state index contributed by atoms with van der Waals surface area (Å²) in [6, 6.07) is 14.5. The van der Waals surface area contributed by atoms with Crippen LogP contribution in [0.25, 0.3) is 0 Å². The van der Waals surface area contributed by atoms with E-state index in [-0.39, 0.29) is 30.7 Å². The maximum absolute atomic E-state index is 13.7. The summed E-state index contributed by atoms with van der Waals surface area (Å²) in [6.07, 6.45) is 8.07. The second-order valence-electron chi connectivity index (χ2n) is 8.44. The van der Waals surface area contributed by atoms with Gasteiger partial charge in [0.15, 0.2) is 5.82 Å². The highest BCUT2D eigenvalue weighted by molar-refractivity contribution is 6.31. The molecule has 2 aromatic heterocycles. The maximum Gasteiger partial charge on any atom is 0.256 e.